The van der Waals surface area contributed by atoms with E-state index in [1.807, 2.05) is 36.4 Å². The first kappa shape index (κ1) is 22.6. The second kappa shape index (κ2) is 10.3. The van der Waals surface area contributed by atoms with Crippen LogP contribution in [0, 0.1) is 11.3 Å². The Hall–Kier alpha value is -4.06. The molecule has 2 aromatic carbocycles. The molecular weight excluding hydrogens is 404 g/mol. The van der Waals surface area contributed by atoms with Crippen LogP contribution < -0.4 is 10.5 Å². The molecular formula is C24H24N6O2. The second-order valence-electron chi connectivity index (χ2n) is 6.98. The third-order valence-electron chi connectivity index (χ3n) is 4.77. The summed E-state index contributed by atoms with van der Waals surface area (Å²) in [6, 6.07) is 18.7. The number of ether oxygens (including phenoxy) is 1. The average molecular weight is 428 g/mol. The lowest BCUT2D eigenvalue weighted by molar-refractivity contribution is 0.249. The number of benzene rings is 2. The van der Waals surface area contributed by atoms with Crippen LogP contribution in [0.3, 0.4) is 0 Å². The molecule has 0 saturated carbocycles. The van der Waals surface area contributed by atoms with Crippen molar-refractivity contribution in [3.63, 3.8) is 0 Å². The molecule has 1 aromatic heterocycles. The summed E-state index contributed by atoms with van der Waals surface area (Å²) in [5.74, 6) is 0.888. The van der Waals surface area contributed by atoms with Crippen LogP contribution in [0.4, 0.5) is 0 Å². The molecule has 0 aliphatic carbocycles. The van der Waals surface area contributed by atoms with Gasteiger partial charge in [0.25, 0.3) is 0 Å². The molecule has 162 valence electrons. The van der Waals surface area contributed by atoms with Gasteiger partial charge < -0.3 is 15.6 Å². The standard InChI is InChI=1S/C24H24N6O2/c1-16(22(31)14-26)28-15-21(27-2)19-10-9-17(13-25)11-23(19)32-24-12-20(29-30(24)3)18-7-5-4-6-8-18/h4-12,15,22,31H,2,14,26H2,1,3H3/b21-15-,28-16+. The van der Waals surface area contributed by atoms with Gasteiger partial charge in [-0.3, -0.25) is 9.98 Å². The quantitative estimate of drug-likeness (QED) is 0.532. The van der Waals surface area contributed by atoms with Gasteiger partial charge in [0, 0.05) is 36.5 Å². The summed E-state index contributed by atoms with van der Waals surface area (Å²) in [7, 11) is 1.78. The number of rotatable bonds is 8. The van der Waals surface area contributed by atoms with E-state index >= 15 is 0 Å². The molecule has 1 atom stereocenters. The van der Waals surface area contributed by atoms with E-state index in [0.717, 1.165) is 11.3 Å². The van der Waals surface area contributed by atoms with Crippen LogP contribution in [0.1, 0.15) is 18.1 Å². The third-order valence-corrected chi connectivity index (χ3v) is 4.77. The Morgan fingerprint density at radius 1 is 1.31 bits per heavy atom. The third kappa shape index (κ3) is 5.16. The predicted molar refractivity (Wildman–Crippen MR) is 126 cm³/mol. The Kier molecular flexibility index (Phi) is 7.29. The monoisotopic (exact) mass is 428 g/mol. The number of nitrogens with two attached hydrogens (primary N) is 1. The lowest BCUT2D eigenvalue weighted by atomic mass is 10.1. The molecule has 0 aliphatic rings. The summed E-state index contributed by atoms with van der Waals surface area (Å²) in [4.78, 5) is 8.30. The van der Waals surface area contributed by atoms with Crippen LogP contribution in [-0.4, -0.2) is 40.0 Å². The zero-order valence-electron chi connectivity index (χ0n) is 17.9. The minimum Gasteiger partial charge on any atom is -0.439 e. The van der Waals surface area contributed by atoms with Gasteiger partial charge in [0.15, 0.2) is 0 Å². The molecule has 0 saturated heterocycles. The first-order valence-electron chi connectivity index (χ1n) is 9.88. The number of nitrogens with zero attached hydrogens (tertiary/aromatic N) is 5. The molecule has 0 amide bonds. The van der Waals surface area contributed by atoms with E-state index in [4.69, 9.17) is 10.5 Å². The van der Waals surface area contributed by atoms with Gasteiger partial charge in [-0.1, -0.05) is 30.3 Å². The van der Waals surface area contributed by atoms with Gasteiger partial charge in [-0.2, -0.15) is 10.4 Å². The highest BCUT2D eigenvalue weighted by Gasteiger charge is 2.15. The Morgan fingerprint density at radius 2 is 2.06 bits per heavy atom. The first-order valence-corrected chi connectivity index (χ1v) is 9.88. The van der Waals surface area contributed by atoms with Crippen LogP contribution in [0.15, 0.2) is 70.8 Å². The van der Waals surface area contributed by atoms with E-state index in [0.29, 0.717) is 34.2 Å². The number of aromatic nitrogens is 2. The minimum absolute atomic E-state index is 0.0650. The van der Waals surface area contributed by atoms with Gasteiger partial charge >= 0.3 is 0 Å². The second-order valence-corrected chi connectivity index (χ2v) is 6.98. The van der Waals surface area contributed by atoms with Gasteiger partial charge in [0.05, 0.1) is 29.2 Å². The summed E-state index contributed by atoms with van der Waals surface area (Å²) < 4.78 is 7.77. The van der Waals surface area contributed by atoms with E-state index in [1.54, 1.807) is 36.9 Å². The predicted octanol–water partition coefficient (Wildman–Crippen LogP) is 3.53. The highest BCUT2D eigenvalue weighted by Crippen LogP contribution is 2.33. The van der Waals surface area contributed by atoms with Gasteiger partial charge in [-0.25, -0.2) is 4.68 Å². The van der Waals surface area contributed by atoms with Crippen molar-refractivity contribution < 1.29 is 9.84 Å². The lowest BCUT2D eigenvalue weighted by Gasteiger charge is -2.12. The first-order chi connectivity index (χ1) is 15.5. The maximum atomic E-state index is 9.83. The fraction of sp³-hybridized carbons (Fsp3) is 0.167. The van der Waals surface area contributed by atoms with Crippen molar-refractivity contribution in [3.05, 3.63) is 71.9 Å². The molecule has 1 heterocycles. The number of aliphatic hydroxyl groups is 1. The van der Waals surface area contributed by atoms with Crippen molar-refractivity contribution in [1.29, 1.82) is 5.26 Å². The molecule has 8 nitrogen and oxygen atoms in total. The molecule has 0 aliphatic heterocycles. The smallest absolute Gasteiger partial charge is 0.218 e. The molecule has 0 radical (unpaired) electrons. The van der Waals surface area contributed by atoms with Gasteiger partial charge in [0.1, 0.15) is 11.9 Å². The lowest BCUT2D eigenvalue weighted by Crippen LogP contribution is -2.26. The summed E-state index contributed by atoms with van der Waals surface area (Å²) in [5, 5.41) is 23.7. The Balaban J connectivity index is 2.01. The summed E-state index contributed by atoms with van der Waals surface area (Å²) in [6.45, 7) is 5.36. The van der Waals surface area contributed by atoms with Crippen LogP contribution in [0.2, 0.25) is 0 Å². The van der Waals surface area contributed by atoms with Crippen molar-refractivity contribution in [2.75, 3.05) is 6.54 Å². The van der Waals surface area contributed by atoms with E-state index in [2.05, 4.69) is 27.9 Å². The normalized spacial score (nSPS) is 12.8. The molecule has 3 aromatic rings. The molecule has 3 rings (SSSR count). The minimum atomic E-state index is -0.847. The molecule has 1 unspecified atom stereocenters. The zero-order chi connectivity index (χ0) is 23.1. The van der Waals surface area contributed by atoms with Gasteiger partial charge in [-0.15, -0.1) is 0 Å². The molecule has 0 spiro atoms. The molecule has 32 heavy (non-hydrogen) atoms. The maximum Gasteiger partial charge on any atom is 0.218 e. The molecule has 3 N–H and O–H groups in total. The van der Waals surface area contributed by atoms with Crippen molar-refractivity contribution >= 4 is 18.1 Å². The van der Waals surface area contributed by atoms with Crippen LogP contribution in [0.5, 0.6) is 11.6 Å². The molecule has 0 bridgehead atoms. The van der Waals surface area contributed by atoms with Crippen LogP contribution in [-0.2, 0) is 7.05 Å². The largest absolute Gasteiger partial charge is 0.439 e. The fourth-order valence-corrected chi connectivity index (χ4v) is 2.91. The van der Waals surface area contributed by atoms with Crippen molar-refractivity contribution in [3.8, 4) is 29.0 Å². The highest BCUT2D eigenvalue weighted by molar-refractivity contribution is 5.88. The summed E-state index contributed by atoms with van der Waals surface area (Å²) in [6.07, 6.45) is 0.633. The van der Waals surface area contributed by atoms with Crippen molar-refractivity contribution in [2.24, 2.45) is 22.8 Å². The van der Waals surface area contributed by atoms with E-state index in [1.165, 1.54) is 6.20 Å². The number of aliphatic imine (C=N–C) groups is 2. The Morgan fingerprint density at radius 3 is 2.72 bits per heavy atom. The number of nitriles is 1. The Labute approximate surface area is 186 Å². The van der Waals surface area contributed by atoms with E-state index < -0.39 is 6.10 Å². The summed E-state index contributed by atoms with van der Waals surface area (Å²) in [5.41, 5.74) is 9.07. The topological polar surface area (TPSA) is 122 Å². The average Bonchev–Trinajstić information content (AvgIpc) is 3.19. The van der Waals surface area contributed by atoms with Crippen molar-refractivity contribution in [1.82, 2.24) is 9.78 Å². The maximum absolute atomic E-state index is 9.83. The van der Waals surface area contributed by atoms with Crippen molar-refractivity contribution in [2.45, 2.75) is 13.0 Å². The number of aryl methyl sites for hydroxylation is 1. The zero-order valence-corrected chi connectivity index (χ0v) is 17.9. The van der Waals surface area contributed by atoms with Crippen LogP contribution >= 0.6 is 0 Å². The Bertz CT molecular complexity index is 1200. The molecule has 8 heteroatoms. The number of hydrogen-bond acceptors (Lipinski definition) is 7. The fourth-order valence-electron chi connectivity index (χ4n) is 2.91. The molecule has 0 fully saturated rings. The highest BCUT2D eigenvalue weighted by atomic mass is 16.5. The summed E-state index contributed by atoms with van der Waals surface area (Å²) >= 11 is 0. The number of aliphatic hydroxyl groups excluding tert-OH is 1. The van der Waals surface area contributed by atoms with E-state index in [9.17, 15) is 10.4 Å². The SMILES string of the molecule is C=N/C(=C\N=C(/C)C(O)CN)c1ccc(C#N)cc1Oc1cc(-c2ccccc2)nn1C. The van der Waals surface area contributed by atoms with E-state index in [-0.39, 0.29) is 6.54 Å². The number of hydrogen-bond donors (Lipinski definition) is 2. The van der Waals surface area contributed by atoms with Gasteiger partial charge in [-0.05, 0) is 31.8 Å². The van der Waals surface area contributed by atoms with Crippen LogP contribution in [0.25, 0.3) is 17.0 Å². The van der Waals surface area contributed by atoms with Gasteiger partial charge in [0.2, 0.25) is 5.88 Å².